The van der Waals surface area contributed by atoms with Crippen molar-refractivity contribution in [1.29, 1.82) is 0 Å². The van der Waals surface area contributed by atoms with Crippen molar-refractivity contribution in [3.63, 3.8) is 0 Å². The largest absolute Gasteiger partial charge is 0.383 e. The maximum atomic E-state index is 6.16. The van der Waals surface area contributed by atoms with Crippen LogP contribution in [0, 0.1) is 4.77 Å². The fourth-order valence-corrected chi connectivity index (χ4v) is 2.30. The number of benzene rings is 1. The molecule has 96 valence electrons. The van der Waals surface area contributed by atoms with Crippen molar-refractivity contribution >= 4 is 35.4 Å². The molecule has 0 saturated carbocycles. The van der Waals surface area contributed by atoms with Crippen LogP contribution in [0.3, 0.4) is 0 Å². The van der Waals surface area contributed by atoms with Crippen molar-refractivity contribution in [2.24, 2.45) is 0 Å². The fraction of sp³-hybridized carbons (Fsp3) is 0.273. The first-order valence-electron chi connectivity index (χ1n) is 5.23. The van der Waals surface area contributed by atoms with Gasteiger partial charge in [0.2, 0.25) is 0 Å². The lowest BCUT2D eigenvalue weighted by molar-refractivity contribution is 0.187. The van der Waals surface area contributed by atoms with Gasteiger partial charge in [0.05, 0.1) is 18.2 Å². The molecule has 0 aliphatic heterocycles. The first-order valence-corrected chi connectivity index (χ1v) is 6.39. The van der Waals surface area contributed by atoms with Gasteiger partial charge >= 0.3 is 0 Å². The van der Waals surface area contributed by atoms with Gasteiger partial charge in [-0.25, -0.2) is 0 Å². The minimum absolute atomic E-state index is 0.535. The molecule has 0 radical (unpaired) electrons. The Kier molecular flexibility index (Phi) is 4.40. The monoisotopic (exact) mass is 303 g/mol. The number of aromatic nitrogens is 3. The number of nitrogens with zero attached hydrogens (tertiary/aromatic N) is 2. The molecule has 0 aliphatic rings. The minimum Gasteiger partial charge on any atom is -0.383 e. The number of methoxy groups -OCH3 is 1. The van der Waals surface area contributed by atoms with E-state index in [1.54, 1.807) is 19.2 Å². The van der Waals surface area contributed by atoms with E-state index in [0.717, 1.165) is 5.56 Å². The number of hydrogen-bond donors (Lipinski definition) is 1. The van der Waals surface area contributed by atoms with E-state index >= 15 is 0 Å². The van der Waals surface area contributed by atoms with Crippen molar-refractivity contribution < 1.29 is 4.74 Å². The number of rotatable bonds is 4. The van der Waals surface area contributed by atoms with Gasteiger partial charge in [0.1, 0.15) is 0 Å². The minimum atomic E-state index is 0.535. The average molecular weight is 304 g/mol. The van der Waals surface area contributed by atoms with Crippen LogP contribution in [0.2, 0.25) is 10.0 Å². The lowest BCUT2D eigenvalue weighted by Crippen LogP contribution is -2.06. The highest BCUT2D eigenvalue weighted by Crippen LogP contribution is 2.29. The van der Waals surface area contributed by atoms with Gasteiger partial charge < -0.3 is 4.74 Å². The Labute approximate surface area is 119 Å². The van der Waals surface area contributed by atoms with Crippen molar-refractivity contribution in [3.05, 3.63) is 33.0 Å². The second-order valence-corrected chi connectivity index (χ2v) is 4.85. The molecule has 0 unspecified atom stereocenters. The quantitative estimate of drug-likeness (QED) is 0.878. The predicted octanol–water partition coefficient (Wildman–Crippen LogP) is 3.56. The average Bonchev–Trinajstić information content (AvgIpc) is 2.68. The maximum Gasteiger partial charge on any atom is 0.195 e. The topological polar surface area (TPSA) is 42.8 Å². The van der Waals surface area contributed by atoms with Crippen LogP contribution >= 0.6 is 35.4 Å². The molecular formula is C11H11Cl2N3OS. The summed E-state index contributed by atoms with van der Waals surface area (Å²) in [6.07, 6.45) is 0. The predicted molar refractivity (Wildman–Crippen MR) is 74.7 cm³/mol. The summed E-state index contributed by atoms with van der Waals surface area (Å²) in [5, 5.41) is 8.07. The first-order chi connectivity index (χ1) is 8.63. The Bertz CT molecular complexity index is 609. The van der Waals surface area contributed by atoms with Gasteiger partial charge in [-0.1, -0.05) is 23.2 Å². The highest BCUT2D eigenvalue weighted by Gasteiger charge is 2.12. The van der Waals surface area contributed by atoms with Crippen LogP contribution in [0.15, 0.2) is 18.2 Å². The molecule has 2 aromatic rings. The van der Waals surface area contributed by atoms with Crippen molar-refractivity contribution in [2.75, 3.05) is 13.7 Å². The van der Waals surface area contributed by atoms with Crippen molar-refractivity contribution in [3.8, 4) is 11.4 Å². The zero-order valence-electron chi connectivity index (χ0n) is 9.61. The molecule has 1 aromatic carbocycles. The Morgan fingerprint density at radius 1 is 1.44 bits per heavy atom. The summed E-state index contributed by atoms with van der Waals surface area (Å²) in [5.41, 5.74) is 0.782. The van der Waals surface area contributed by atoms with E-state index in [9.17, 15) is 0 Å². The van der Waals surface area contributed by atoms with E-state index in [2.05, 4.69) is 10.2 Å². The lowest BCUT2D eigenvalue weighted by atomic mass is 10.2. The third-order valence-electron chi connectivity index (χ3n) is 2.45. The number of halogens is 2. The number of nitrogens with one attached hydrogen (secondary N) is 1. The smallest absolute Gasteiger partial charge is 0.195 e. The normalized spacial score (nSPS) is 10.8. The van der Waals surface area contributed by atoms with Crippen LogP contribution in [0.25, 0.3) is 11.4 Å². The van der Waals surface area contributed by atoms with Crippen LogP contribution in [0.4, 0.5) is 0 Å². The van der Waals surface area contributed by atoms with Gasteiger partial charge in [-0.15, -0.1) is 0 Å². The fourth-order valence-electron chi connectivity index (χ4n) is 1.58. The molecule has 1 aromatic heterocycles. The molecule has 4 nitrogen and oxygen atoms in total. The number of H-pyrrole nitrogens is 1. The molecule has 0 bridgehead atoms. The molecule has 7 heteroatoms. The lowest BCUT2D eigenvalue weighted by Gasteiger charge is -2.07. The molecular weight excluding hydrogens is 293 g/mol. The molecule has 2 rings (SSSR count). The van der Waals surface area contributed by atoms with E-state index in [1.165, 1.54) is 0 Å². The van der Waals surface area contributed by atoms with E-state index in [-0.39, 0.29) is 0 Å². The molecule has 1 N–H and O–H groups in total. The summed E-state index contributed by atoms with van der Waals surface area (Å²) in [4.78, 5) is 0. The van der Waals surface area contributed by atoms with E-state index in [0.29, 0.717) is 33.8 Å². The summed E-state index contributed by atoms with van der Waals surface area (Å²) < 4.78 is 7.42. The SMILES string of the molecule is COCCn1c(-c2ccc(Cl)cc2Cl)n[nH]c1=S. The standard InChI is InChI=1S/C11H11Cl2N3OS/c1-17-5-4-16-10(14-15-11(16)18)8-3-2-7(12)6-9(8)13/h2-3,6H,4-5H2,1H3,(H,15,18). The van der Waals surface area contributed by atoms with Crippen LogP contribution < -0.4 is 0 Å². The summed E-state index contributed by atoms with van der Waals surface area (Å²) in [6, 6.07) is 5.26. The third kappa shape index (κ3) is 2.75. The van der Waals surface area contributed by atoms with E-state index < -0.39 is 0 Å². The Morgan fingerprint density at radius 3 is 2.89 bits per heavy atom. The second kappa shape index (κ2) is 5.84. The van der Waals surface area contributed by atoms with Gasteiger partial charge in [0.15, 0.2) is 10.6 Å². The molecule has 0 spiro atoms. The molecule has 0 fully saturated rings. The summed E-state index contributed by atoms with van der Waals surface area (Å²) in [6.45, 7) is 1.16. The van der Waals surface area contributed by atoms with Crippen molar-refractivity contribution in [1.82, 2.24) is 14.8 Å². The molecule has 1 heterocycles. The zero-order valence-corrected chi connectivity index (χ0v) is 11.9. The number of aromatic amines is 1. The molecule has 0 saturated heterocycles. The molecule has 18 heavy (non-hydrogen) atoms. The Morgan fingerprint density at radius 2 is 2.22 bits per heavy atom. The van der Waals surface area contributed by atoms with Crippen LogP contribution in [-0.4, -0.2) is 28.5 Å². The summed E-state index contributed by atoms with van der Waals surface area (Å²) in [5.74, 6) is 0.679. The molecule has 0 atom stereocenters. The Hall–Kier alpha value is -0.880. The summed E-state index contributed by atoms with van der Waals surface area (Å²) in [7, 11) is 1.64. The van der Waals surface area contributed by atoms with E-state index in [4.69, 9.17) is 40.2 Å². The van der Waals surface area contributed by atoms with Gasteiger partial charge in [0.25, 0.3) is 0 Å². The highest BCUT2D eigenvalue weighted by molar-refractivity contribution is 7.71. The first kappa shape index (κ1) is 13.5. The van der Waals surface area contributed by atoms with Gasteiger partial charge in [-0.2, -0.15) is 5.10 Å². The zero-order chi connectivity index (χ0) is 13.1. The third-order valence-corrected chi connectivity index (χ3v) is 3.31. The van der Waals surface area contributed by atoms with Crippen LogP contribution in [0.1, 0.15) is 0 Å². The van der Waals surface area contributed by atoms with Crippen LogP contribution in [-0.2, 0) is 11.3 Å². The van der Waals surface area contributed by atoms with E-state index in [1.807, 2.05) is 10.6 Å². The highest BCUT2D eigenvalue weighted by atomic mass is 35.5. The van der Waals surface area contributed by atoms with Gasteiger partial charge in [-0.05, 0) is 30.4 Å². The Balaban J connectivity index is 2.47. The maximum absolute atomic E-state index is 6.16. The second-order valence-electron chi connectivity index (χ2n) is 3.62. The molecule has 0 aliphatic carbocycles. The van der Waals surface area contributed by atoms with Crippen LogP contribution in [0.5, 0.6) is 0 Å². The van der Waals surface area contributed by atoms with Gasteiger partial charge in [0, 0.05) is 17.7 Å². The van der Waals surface area contributed by atoms with Gasteiger partial charge in [-0.3, -0.25) is 9.67 Å². The number of ether oxygens (including phenoxy) is 1. The summed E-state index contributed by atoms with van der Waals surface area (Å²) >= 11 is 17.2. The van der Waals surface area contributed by atoms with Crippen molar-refractivity contribution in [2.45, 2.75) is 6.54 Å². The number of hydrogen-bond acceptors (Lipinski definition) is 3. The molecule has 0 amide bonds.